The van der Waals surface area contributed by atoms with Crippen LogP contribution >= 0.6 is 11.7 Å². The zero-order valence-electron chi connectivity index (χ0n) is 13.6. The van der Waals surface area contributed by atoms with Gasteiger partial charge in [-0.25, -0.2) is 9.59 Å². The molecule has 0 aliphatic carbocycles. The third kappa shape index (κ3) is 8.58. The highest BCUT2D eigenvalue weighted by atomic mass is 32.1. The first-order valence-electron chi connectivity index (χ1n) is 7.12. The number of hydrogen-bond acceptors (Lipinski definition) is 7. The molecule has 0 fully saturated rings. The van der Waals surface area contributed by atoms with E-state index in [1.165, 1.54) is 0 Å². The Morgan fingerprint density at radius 3 is 2.42 bits per heavy atom. The zero-order valence-corrected chi connectivity index (χ0v) is 14.4. The van der Waals surface area contributed by atoms with Crippen molar-refractivity contribution in [2.24, 2.45) is 0 Å². The van der Waals surface area contributed by atoms with Crippen molar-refractivity contribution in [3.8, 4) is 5.88 Å². The number of aromatic nitrogens is 2. The number of ether oxygens (including phenoxy) is 1. The lowest BCUT2D eigenvalue weighted by molar-refractivity contribution is -0.154. The van der Waals surface area contributed by atoms with Crippen molar-refractivity contribution < 1.29 is 37.7 Å². The minimum atomic E-state index is -4.36. The van der Waals surface area contributed by atoms with Crippen LogP contribution in [0.2, 0.25) is 0 Å². The van der Waals surface area contributed by atoms with Gasteiger partial charge in [-0.05, 0) is 19.0 Å². The normalized spacial score (nSPS) is 15.2. The minimum absolute atomic E-state index is 0.0288. The standard InChI is InChI=1S/C10H12F3N3OS.C4H4O4/c1-16-4-2-3-7(5-16)8-9(15-18-14-8)17-6-10(11,12)13;5-3(6)1-2-4(7)8/h3H,2,4-6H2,1H3;1-2H,(H,5,6)(H,7,8)/b;2-1+. The molecule has 1 aromatic rings. The molecule has 0 unspecified atom stereocenters. The molecule has 144 valence electrons. The van der Waals surface area contributed by atoms with Crippen molar-refractivity contribution in [3.05, 3.63) is 23.9 Å². The van der Waals surface area contributed by atoms with Gasteiger partial charge in [0, 0.05) is 25.2 Å². The number of hydrogen-bond donors (Lipinski definition) is 2. The van der Waals surface area contributed by atoms with Gasteiger partial charge in [-0.3, -0.25) is 0 Å². The molecule has 26 heavy (non-hydrogen) atoms. The predicted molar refractivity (Wildman–Crippen MR) is 86.0 cm³/mol. The number of alkyl halides is 3. The van der Waals surface area contributed by atoms with Gasteiger partial charge in [0.25, 0.3) is 5.88 Å². The summed E-state index contributed by atoms with van der Waals surface area (Å²) in [5.41, 5.74) is 1.30. The lowest BCUT2D eigenvalue weighted by atomic mass is 10.1. The summed E-state index contributed by atoms with van der Waals surface area (Å²) >= 11 is 0.860. The van der Waals surface area contributed by atoms with E-state index in [0.717, 1.165) is 30.3 Å². The Labute approximate surface area is 150 Å². The van der Waals surface area contributed by atoms with Crippen molar-refractivity contribution in [1.82, 2.24) is 13.6 Å². The Bertz CT molecular complexity index is 672. The van der Waals surface area contributed by atoms with Crippen molar-refractivity contribution in [2.45, 2.75) is 12.6 Å². The van der Waals surface area contributed by atoms with Crippen molar-refractivity contribution >= 4 is 29.2 Å². The number of aliphatic carboxylic acids is 2. The number of rotatable bonds is 5. The summed E-state index contributed by atoms with van der Waals surface area (Å²) in [5.74, 6) is -2.54. The minimum Gasteiger partial charge on any atom is -0.478 e. The highest BCUT2D eigenvalue weighted by Crippen LogP contribution is 2.28. The van der Waals surface area contributed by atoms with Gasteiger partial charge in [0.2, 0.25) is 0 Å². The summed E-state index contributed by atoms with van der Waals surface area (Å²) in [6.07, 6.45) is -0.428. The van der Waals surface area contributed by atoms with E-state index in [2.05, 4.69) is 18.4 Å². The maximum atomic E-state index is 12.1. The number of carboxylic acids is 2. The number of nitrogens with zero attached hydrogens (tertiary/aromatic N) is 3. The zero-order chi connectivity index (χ0) is 19.7. The SMILES string of the molecule is CN1CCC=C(c2nsnc2OCC(F)(F)F)C1.O=C(O)/C=C/C(=O)O. The highest BCUT2D eigenvalue weighted by Gasteiger charge is 2.30. The predicted octanol–water partition coefficient (Wildman–Crippen LogP) is 1.91. The fourth-order valence-electron chi connectivity index (χ4n) is 1.83. The Hall–Kier alpha value is -2.47. The van der Waals surface area contributed by atoms with Crippen LogP contribution in [0, 0.1) is 0 Å². The van der Waals surface area contributed by atoms with Crippen LogP contribution in [0.25, 0.3) is 5.57 Å². The quantitative estimate of drug-likeness (QED) is 0.727. The molecule has 0 atom stereocenters. The first-order chi connectivity index (χ1) is 12.1. The second-order valence-corrected chi connectivity index (χ2v) is 5.62. The molecule has 8 nitrogen and oxygen atoms in total. The smallest absolute Gasteiger partial charge is 0.422 e. The molecule has 1 aliphatic rings. The van der Waals surface area contributed by atoms with Gasteiger partial charge in [0.15, 0.2) is 6.61 Å². The van der Waals surface area contributed by atoms with E-state index < -0.39 is 24.7 Å². The number of halogens is 3. The first-order valence-corrected chi connectivity index (χ1v) is 7.85. The summed E-state index contributed by atoms with van der Waals surface area (Å²) in [7, 11) is 1.95. The molecule has 0 amide bonds. The van der Waals surface area contributed by atoms with Gasteiger partial charge in [-0.15, -0.1) is 4.37 Å². The van der Waals surface area contributed by atoms with Crippen LogP contribution in [0.4, 0.5) is 13.2 Å². The molecule has 0 bridgehead atoms. The second-order valence-electron chi connectivity index (χ2n) is 5.09. The third-order valence-corrected chi connectivity index (χ3v) is 3.36. The van der Waals surface area contributed by atoms with Gasteiger partial charge >= 0.3 is 18.1 Å². The molecule has 2 rings (SSSR count). The van der Waals surface area contributed by atoms with Crippen LogP contribution in [0.1, 0.15) is 12.1 Å². The molecular formula is C14H16F3N3O5S. The average Bonchev–Trinajstić information content (AvgIpc) is 2.99. The molecule has 0 spiro atoms. The lowest BCUT2D eigenvalue weighted by Crippen LogP contribution is -2.25. The molecule has 0 saturated carbocycles. The second kappa shape index (κ2) is 9.87. The van der Waals surface area contributed by atoms with E-state index in [9.17, 15) is 22.8 Å². The maximum Gasteiger partial charge on any atom is 0.422 e. The summed E-state index contributed by atoms with van der Waals surface area (Å²) < 4.78 is 48.7. The molecular weight excluding hydrogens is 379 g/mol. The van der Waals surface area contributed by atoms with Crippen molar-refractivity contribution in [3.63, 3.8) is 0 Å². The van der Waals surface area contributed by atoms with E-state index in [-0.39, 0.29) is 5.88 Å². The number of likely N-dealkylation sites (N-methyl/N-ethyl adjacent to an activating group) is 1. The molecule has 2 N–H and O–H groups in total. The van der Waals surface area contributed by atoms with Crippen LogP contribution in [0.5, 0.6) is 5.88 Å². The van der Waals surface area contributed by atoms with Gasteiger partial charge in [0.05, 0.1) is 11.7 Å². The van der Waals surface area contributed by atoms with E-state index in [4.69, 9.17) is 10.2 Å². The fourth-order valence-corrected chi connectivity index (χ4v) is 2.36. The Balaban J connectivity index is 0.000000359. The number of carbonyl (C=O) groups is 2. The molecule has 1 aliphatic heterocycles. The first kappa shape index (κ1) is 21.6. The molecule has 12 heteroatoms. The third-order valence-electron chi connectivity index (χ3n) is 2.85. The van der Waals surface area contributed by atoms with E-state index in [0.29, 0.717) is 24.4 Å². The average molecular weight is 395 g/mol. The van der Waals surface area contributed by atoms with E-state index >= 15 is 0 Å². The molecule has 0 radical (unpaired) electrons. The van der Waals surface area contributed by atoms with Gasteiger partial charge in [0.1, 0.15) is 5.69 Å². The summed E-state index contributed by atoms with van der Waals surface area (Å²) in [4.78, 5) is 21.2. The molecule has 2 heterocycles. The van der Waals surface area contributed by atoms with E-state index in [1.54, 1.807) is 0 Å². The Morgan fingerprint density at radius 1 is 1.31 bits per heavy atom. The topological polar surface area (TPSA) is 113 Å². The summed E-state index contributed by atoms with van der Waals surface area (Å²) in [6, 6.07) is 0. The molecule has 0 aromatic carbocycles. The van der Waals surface area contributed by atoms with Gasteiger partial charge < -0.3 is 19.8 Å². The van der Waals surface area contributed by atoms with Crippen LogP contribution < -0.4 is 4.74 Å². The van der Waals surface area contributed by atoms with Crippen LogP contribution in [-0.2, 0) is 9.59 Å². The largest absolute Gasteiger partial charge is 0.478 e. The Kier molecular flexibility index (Phi) is 8.19. The van der Waals surface area contributed by atoms with Gasteiger partial charge in [-0.1, -0.05) is 6.08 Å². The summed E-state index contributed by atoms with van der Waals surface area (Å²) in [6.45, 7) is 0.238. The highest BCUT2D eigenvalue weighted by molar-refractivity contribution is 6.99. The van der Waals surface area contributed by atoms with E-state index in [1.807, 2.05) is 13.1 Å². The maximum absolute atomic E-state index is 12.1. The van der Waals surface area contributed by atoms with Gasteiger partial charge in [-0.2, -0.15) is 17.5 Å². The van der Waals surface area contributed by atoms with Crippen LogP contribution in [-0.4, -0.2) is 68.7 Å². The fraction of sp³-hybridized carbons (Fsp3) is 0.429. The monoisotopic (exact) mass is 395 g/mol. The van der Waals surface area contributed by atoms with Crippen LogP contribution in [0.3, 0.4) is 0 Å². The van der Waals surface area contributed by atoms with Crippen molar-refractivity contribution in [2.75, 3.05) is 26.7 Å². The van der Waals surface area contributed by atoms with Crippen LogP contribution in [0.15, 0.2) is 18.2 Å². The molecule has 0 saturated heterocycles. The summed E-state index contributed by atoms with van der Waals surface area (Å²) in [5, 5.41) is 15.6. The number of carboxylic acid groups (broad SMARTS) is 2. The Morgan fingerprint density at radius 2 is 1.92 bits per heavy atom. The van der Waals surface area contributed by atoms with Crippen molar-refractivity contribution in [1.29, 1.82) is 0 Å². The lowest BCUT2D eigenvalue weighted by Gasteiger charge is -2.22. The molecule has 1 aromatic heterocycles.